The third-order valence-corrected chi connectivity index (χ3v) is 3.72. The van der Waals surface area contributed by atoms with Crippen LogP contribution in [0.2, 0.25) is 0 Å². The van der Waals surface area contributed by atoms with Crippen molar-refractivity contribution in [3.8, 4) is 17.2 Å². The molecule has 0 saturated heterocycles. The first-order valence-electron chi connectivity index (χ1n) is 6.47. The molecular formula is C18H12O2. The third-order valence-electron chi connectivity index (χ3n) is 3.72. The Bertz CT molecular complexity index is 862. The summed E-state index contributed by atoms with van der Waals surface area (Å²) in [6.45, 7) is 4.17. The molecule has 0 aromatic heterocycles. The Morgan fingerprint density at radius 1 is 0.800 bits per heavy atom. The minimum Gasteiger partial charge on any atom is -0.507 e. The molecule has 96 valence electrons. The Labute approximate surface area is 116 Å². The molecule has 1 aliphatic rings. The number of phenolic OH excluding ortho intramolecular Hbond substituents is 1. The molecular weight excluding hydrogens is 248 g/mol. The van der Waals surface area contributed by atoms with Gasteiger partial charge in [0.15, 0.2) is 0 Å². The van der Waals surface area contributed by atoms with Gasteiger partial charge >= 0.3 is 0 Å². The van der Waals surface area contributed by atoms with E-state index in [9.17, 15) is 5.11 Å². The maximum Gasteiger partial charge on any atom is 0.139 e. The topological polar surface area (TPSA) is 29.5 Å². The highest BCUT2D eigenvalue weighted by Crippen LogP contribution is 2.48. The second kappa shape index (κ2) is 3.87. The SMILES string of the molecule is C=C1c2c(O)cccc2Oc2ccc3ccccc3c21. The van der Waals surface area contributed by atoms with Crippen LogP contribution in [0.5, 0.6) is 17.2 Å². The van der Waals surface area contributed by atoms with Crippen molar-refractivity contribution in [3.63, 3.8) is 0 Å². The molecule has 0 fully saturated rings. The molecule has 2 heteroatoms. The van der Waals surface area contributed by atoms with E-state index in [0.29, 0.717) is 11.3 Å². The van der Waals surface area contributed by atoms with Crippen molar-refractivity contribution in [2.45, 2.75) is 0 Å². The monoisotopic (exact) mass is 260 g/mol. The van der Waals surface area contributed by atoms with E-state index in [-0.39, 0.29) is 5.75 Å². The smallest absolute Gasteiger partial charge is 0.139 e. The Morgan fingerprint density at radius 3 is 2.50 bits per heavy atom. The fraction of sp³-hybridized carbons (Fsp3) is 0. The number of ether oxygens (including phenoxy) is 1. The summed E-state index contributed by atoms with van der Waals surface area (Å²) in [4.78, 5) is 0. The molecule has 3 aromatic rings. The summed E-state index contributed by atoms with van der Waals surface area (Å²) in [6.07, 6.45) is 0. The highest BCUT2D eigenvalue weighted by atomic mass is 16.5. The summed E-state index contributed by atoms with van der Waals surface area (Å²) in [6, 6.07) is 17.4. The zero-order valence-electron chi connectivity index (χ0n) is 10.8. The van der Waals surface area contributed by atoms with Gasteiger partial charge in [0.05, 0.1) is 5.56 Å². The van der Waals surface area contributed by atoms with E-state index in [2.05, 4.69) is 12.6 Å². The molecule has 0 radical (unpaired) electrons. The minimum absolute atomic E-state index is 0.200. The van der Waals surface area contributed by atoms with E-state index < -0.39 is 0 Å². The van der Waals surface area contributed by atoms with Gasteiger partial charge in [-0.3, -0.25) is 0 Å². The molecule has 0 aliphatic carbocycles. The molecule has 1 heterocycles. The van der Waals surface area contributed by atoms with Crippen LogP contribution in [0.3, 0.4) is 0 Å². The van der Waals surface area contributed by atoms with Crippen molar-refractivity contribution < 1.29 is 9.84 Å². The van der Waals surface area contributed by atoms with E-state index >= 15 is 0 Å². The van der Waals surface area contributed by atoms with Crippen molar-refractivity contribution in [1.29, 1.82) is 0 Å². The molecule has 2 nitrogen and oxygen atoms in total. The van der Waals surface area contributed by atoms with Crippen molar-refractivity contribution in [2.75, 3.05) is 0 Å². The summed E-state index contributed by atoms with van der Waals surface area (Å²) in [7, 11) is 0. The van der Waals surface area contributed by atoms with Gasteiger partial charge < -0.3 is 9.84 Å². The van der Waals surface area contributed by atoms with Gasteiger partial charge in [-0.15, -0.1) is 0 Å². The van der Waals surface area contributed by atoms with E-state index in [1.807, 2.05) is 36.4 Å². The van der Waals surface area contributed by atoms with Gasteiger partial charge in [0.25, 0.3) is 0 Å². The fourth-order valence-corrected chi connectivity index (χ4v) is 2.80. The van der Waals surface area contributed by atoms with Gasteiger partial charge in [-0.05, 0) is 34.5 Å². The van der Waals surface area contributed by atoms with Gasteiger partial charge in [0.2, 0.25) is 0 Å². The Kier molecular flexibility index (Phi) is 2.15. The van der Waals surface area contributed by atoms with Gasteiger partial charge in [0.1, 0.15) is 17.2 Å². The second-order valence-corrected chi connectivity index (χ2v) is 4.89. The molecule has 0 unspecified atom stereocenters. The predicted molar refractivity (Wildman–Crippen MR) is 80.3 cm³/mol. The van der Waals surface area contributed by atoms with Crippen molar-refractivity contribution >= 4 is 16.3 Å². The molecule has 0 atom stereocenters. The van der Waals surface area contributed by atoms with Crippen LogP contribution in [0.1, 0.15) is 11.1 Å². The lowest BCUT2D eigenvalue weighted by Gasteiger charge is -2.24. The van der Waals surface area contributed by atoms with Crippen LogP contribution in [0.4, 0.5) is 0 Å². The number of fused-ring (bicyclic) bond motifs is 4. The van der Waals surface area contributed by atoms with Crippen LogP contribution in [-0.4, -0.2) is 5.11 Å². The summed E-state index contributed by atoms with van der Waals surface area (Å²) >= 11 is 0. The van der Waals surface area contributed by atoms with Crippen molar-refractivity contribution in [3.05, 3.63) is 72.3 Å². The number of hydrogen-bond acceptors (Lipinski definition) is 2. The van der Waals surface area contributed by atoms with E-state index in [0.717, 1.165) is 27.7 Å². The van der Waals surface area contributed by atoms with Crippen LogP contribution < -0.4 is 4.74 Å². The summed E-state index contributed by atoms with van der Waals surface area (Å²) in [5.41, 5.74) is 2.43. The summed E-state index contributed by atoms with van der Waals surface area (Å²) in [5, 5.41) is 12.3. The average Bonchev–Trinajstić information content (AvgIpc) is 2.47. The van der Waals surface area contributed by atoms with Crippen LogP contribution in [0.25, 0.3) is 16.3 Å². The summed E-state index contributed by atoms with van der Waals surface area (Å²) in [5.74, 6) is 1.63. The zero-order valence-corrected chi connectivity index (χ0v) is 10.8. The van der Waals surface area contributed by atoms with E-state index in [1.54, 1.807) is 12.1 Å². The van der Waals surface area contributed by atoms with Gasteiger partial charge in [-0.1, -0.05) is 43.0 Å². The highest BCUT2D eigenvalue weighted by Gasteiger charge is 2.24. The number of hydrogen-bond donors (Lipinski definition) is 1. The molecule has 0 bridgehead atoms. The zero-order chi connectivity index (χ0) is 13.7. The Morgan fingerprint density at radius 2 is 1.60 bits per heavy atom. The standard InChI is InChI=1S/C18H12O2/c1-11-17-13-6-3-2-5-12(13)9-10-16(17)20-15-8-4-7-14(19)18(11)15/h2-10,19H,1H2. The molecule has 0 amide bonds. The maximum absolute atomic E-state index is 10.1. The van der Waals surface area contributed by atoms with Gasteiger partial charge in [0, 0.05) is 5.56 Å². The second-order valence-electron chi connectivity index (χ2n) is 4.89. The first kappa shape index (κ1) is 11.1. The van der Waals surface area contributed by atoms with Crippen molar-refractivity contribution in [1.82, 2.24) is 0 Å². The molecule has 1 aliphatic heterocycles. The van der Waals surface area contributed by atoms with Crippen LogP contribution in [0, 0.1) is 0 Å². The average molecular weight is 260 g/mol. The molecule has 4 rings (SSSR count). The minimum atomic E-state index is 0.200. The first-order valence-corrected chi connectivity index (χ1v) is 6.47. The quantitative estimate of drug-likeness (QED) is 0.496. The molecule has 3 aromatic carbocycles. The van der Waals surface area contributed by atoms with Gasteiger partial charge in [-0.2, -0.15) is 0 Å². The lowest BCUT2D eigenvalue weighted by molar-refractivity contribution is 0.447. The molecule has 0 saturated carbocycles. The number of phenols is 1. The lowest BCUT2D eigenvalue weighted by Crippen LogP contribution is -2.02. The van der Waals surface area contributed by atoms with Gasteiger partial charge in [-0.25, -0.2) is 0 Å². The van der Waals surface area contributed by atoms with E-state index in [1.165, 1.54) is 0 Å². The number of rotatable bonds is 0. The van der Waals surface area contributed by atoms with E-state index in [4.69, 9.17) is 4.74 Å². The van der Waals surface area contributed by atoms with Crippen LogP contribution >= 0.6 is 0 Å². The first-order chi connectivity index (χ1) is 9.75. The number of benzene rings is 3. The third kappa shape index (κ3) is 1.39. The van der Waals surface area contributed by atoms with Crippen LogP contribution in [-0.2, 0) is 0 Å². The highest BCUT2D eigenvalue weighted by molar-refractivity contribution is 6.02. The Balaban J connectivity index is 2.07. The predicted octanol–water partition coefficient (Wildman–Crippen LogP) is 4.71. The van der Waals surface area contributed by atoms with Crippen LogP contribution in [0.15, 0.2) is 61.2 Å². The Hall–Kier alpha value is -2.74. The summed E-state index contributed by atoms with van der Waals surface area (Å²) < 4.78 is 5.92. The largest absolute Gasteiger partial charge is 0.507 e. The normalized spacial score (nSPS) is 12.7. The maximum atomic E-state index is 10.1. The van der Waals surface area contributed by atoms with Crippen molar-refractivity contribution in [2.24, 2.45) is 0 Å². The number of aromatic hydroxyl groups is 1. The lowest BCUT2D eigenvalue weighted by atomic mass is 9.90. The molecule has 1 N–H and O–H groups in total. The molecule has 0 spiro atoms. The fourth-order valence-electron chi connectivity index (χ4n) is 2.80. The molecule has 20 heavy (non-hydrogen) atoms.